The van der Waals surface area contributed by atoms with Gasteiger partial charge in [-0.05, 0) is 26.2 Å². The van der Waals surface area contributed by atoms with Gasteiger partial charge in [0.1, 0.15) is 12.1 Å². The Balaban J connectivity index is 2.02. The number of carbonyl (C=O) groups is 1. The Hall–Kier alpha value is -2.16. The lowest BCUT2D eigenvalue weighted by molar-refractivity contribution is -0.132. The van der Waals surface area contributed by atoms with Crippen LogP contribution in [0.15, 0.2) is 12.4 Å². The maximum atomic E-state index is 12.2. The van der Waals surface area contributed by atoms with Gasteiger partial charge in [-0.15, -0.1) is 0 Å². The molecule has 6 heteroatoms. The van der Waals surface area contributed by atoms with E-state index in [4.69, 9.17) is 5.26 Å². The van der Waals surface area contributed by atoms with E-state index in [1.54, 1.807) is 6.92 Å². The van der Waals surface area contributed by atoms with Crippen molar-refractivity contribution in [2.45, 2.75) is 32.2 Å². The molecule has 1 unspecified atom stereocenters. The summed E-state index contributed by atoms with van der Waals surface area (Å²) in [6.07, 6.45) is 6.27. The van der Waals surface area contributed by atoms with Crippen LogP contribution in [0.1, 0.15) is 31.9 Å². The third kappa shape index (κ3) is 3.19. The fraction of sp³-hybridized carbons (Fsp3) is 0.538. The fourth-order valence-corrected chi connectivity index (χ4v) is 2.18. The predicted molar refractivity (Wildman–Crippen MR) is 70.3 cm³/mol. The van der Waals surface area contributed by atoms with Crippen molar-refractivity contribution in [3.63, 3.8) is 0 Å². The van der Waals surface area contributed by atoms with Gasteiger partial charge >= 0.3 is 0 Å². The van der Waals surface area contributed by atoms with E-state index in [0.717, 1.165) is 25.9 Å². The van der Waals surface area contributed by atoms with Crippen LogP contribution in [-0.2, 0) is 4.79 Å². The third-order valence-corrected chi connectivity index (χ3v) is 3.20. The number of anilines is 1. The fourth-order valence-electron chi connectivity index (χ4n) is 2.18. The van der Waals surface area contributed by atoms with Gasteiger partial charge in [-0.1, -0.05) is 0 Å². The van der Waals surface area contributed by atoms with Crippen LogP contribution in [0.25, 0.3) is 0 Å². The number of hydrogen-bond acceptors (Lipinski definition) is 5. The van der Waals surface area contributed by atoms with Gasteiger partial charge in [-0.25, -0.2) is 9.97 Å². The first-order chi connectivity index (χ1) is 9.22. The minimum Gasteiger partial charge on any atom is -0.356 e. The van der Waals surface area contributed by atoms with Gasteiger partial charge < -0.3 is 10.2 Å². The number of likely N-dealkylation sites (tertiary alicyclic amines) is 1. The van der Waals surface area contributed by atoms with Gasteiger partial charge in [-0.2, -0.15) is 5.26 Å². The van der Waals surface area contributed by atoms with Crippen molar-refractivity contribution in [2.24, 2.45) is 0 Å². The lowest BCUT2D eigenvalue weighted by atomic mass is 10.1. The van der Waals surface area contributed by atoms with E-state index >= 15 is 0 Å². The van der Waals surface area contributed by atoms with Crippen molar-refractivity contribution in [3.8, 4) is 6.07 Å². The maximum absolute atomic E-state index is 12.2. The second kappa shape index (κ2) is 6.14. The molecular weight excluding hydrogens is 242 g/mol. The SMILES string of the molecule is CC(Nc1nccnc1C#N)C(=O)N1CCCCC1. The quantitative estimate of drug-likeness (QED) is 0.880. The molecule has 0 bridgehead atoms. The highest BCUT2D eigenvalue weighted by Gasteiger charge is 2.22. The van der Waals surface area contributed by atoms with Gasteiger partial charge in [0.05, 0.1) is 0 Å². The van der Waals surface area contributed by atoms with E-state index in [-0.39, 0.29) is 11.6 Å². The lowest BCUT2D eigenvalue weighted by Gasteiger charge is -2.29. The van der Waals surface area contributed by atoms with E-state index in [2.05, 4.69) is 15.3 Å². The molecular formula is C13H17N5O. The molecule has 1 aromatic rings. The zero-order valence-electron chi connectivity index (χ0n) is 11.0. The molecule has 2 heterocycles. The van der Waals surface area contributed by atoms with E-state index in [1.165, 1.54) is 18.8 Å². The van der Waals surface area contributed by atoms with Gasteiger partial charge in [0, 0.05) is 25.5 Å². The normalized spacial score (nSPS) is 16.5. The zero-order valence-corrected chi connectivity index (χ0v) is 11.0. The summed E-state index contributed by atoms with van der Waals surface area (Å²) in [6.45, 7) is 3.42. The average Bonchev–Trinajstić information content (AvgIpc) is 2.48. The molecule has 1 saturated heterocycles. The van der Waals surface area contributed by atoms with Crippen molar-refractivity contribution >= 4 is 11.7 Å². The number of amides is 1. The molecule has 2 rings (SSSR count). The molecule has 1 aromatic heterocycles. The minimum absolute atomic E-state index is 0.0502. The number of piperidine rings is 1. The first-order valence-electron chi connectivity index (χ1n) is 6.49. The van der Waals surface area contributed by atoms with Crippen LogP contribution >= 0.6 is 0 Å². The molecule has 0 radical (unpaired) electrons. The Bertz CT molecular complexity index is 490. The van der Waals surface area contributed by atoms with Crippen LogP contribution in [-0.4, -0.2) is 39.9 Å². The first kappa shape index (κ1) is 13.3. The highest BCUT2D eigenvalue weighted by Crippen LogP contribution is 2.13. The highest BCUT2D eigenvalue weighted by atomic mass is 16.2. The van der Waals surface area contributed by atoms with Crippen molar-refractivity contribution in [1.82, 2.24) is 14.9 Å². The van der Waals surface area contributed by atoms with Crippen LogP contribution < -0.4 is 5.32 Å². The monoisotopic (exact) mass is 259 g/mol. The molecule has 1 aliphatic rings. The lowest BCUT2D eigenvalue weighted by Crippen LogP contribution is -2.44. The second-order valence-corrected chi connectivity index (χ2v) is 4.62. The van der Waals surface area contributed by atoms with Crippen molar-refractivity contribution in [1.29, 1.82) is 5.26 Å². The summed E-state index contributed by atoms with van der Waals surface area (Å²) in [6, 6.07) is 1.56. The summed E-state index contributed by atoms with van der Waals surface area (Å²) in [7, 11) is 0. The average molecular weight is 259 g/mol. The maximum Gasteiger partial charge on any atom is 0.244 e. The van der Waals surface area contributed by atoms with Crippen LogP contribution in [0.2, 0.25) is 0 Å². The number of nitrogens with one attached hydrogen (secondary N) is 1. The number of carbonyl (C=O) groups excluding carboxylic acids is 1. The van der Waals surface area contributed by atoms with E-state index in [0.29, 0.717) is 5.82 Å². The van der Waals surface area contributed by atoms with Crippen LogP contribution in [0.3, 0.4) is 0 Å². The molecule has 6 nitrogen and oxygen atoms in total. The molecule has 19 heavy (non-hydrogen) atoms. The Morgan fingerprint density at radius 3 is 2.74 bits per heavy atom. The number of nitrogens with zero attached hydrogens (tertiary/aromatic N) is 4. The summed E-state index contributed by atoms with van der Waals surface area (Å²) < 4.78 is 0. The van der Waals surface area contributed by atoms with Gasteiger partial charge in [0.25, 0.3) is 0 Å². The molecule has 0 aliphatic carbocycles. The topological polar surface area (TPSA) is 81.9 Å². The standard InChI is InChI=1S/C13H17N5O/c1-10(13(19)18-7-3-2-4-8-18)17-12-11(9-14)15-5-6-16-12/h5-6,10H,2-4,7-8H2,1H3,(H,16,17). The van der Waals surface area contributed by atoms with Gasteiger partial charge in [-0.3, -0.25) is 4.79 Å². The smallest absolute Gasteiger partial charge is 0.244 e. The van der Waals surface area contributed by atoms with Crippen LogP contribution in [0.4, 0.5) is 5.82 Å². The Kier molecular flexibility index (Phi) is 4.29. The minimum atomic E-state index is -0.401. The summed E-state index contributed by atoms with van der Waals surface area (Å²) >= 11 is 0. The van der Waals surface area contributed by atoms with Gasteiger partial charge in [0.15, 0.2) is 11.5 Å². The molecule has 0 aromatic carbocycles. The number of nitriles is 1. The van der Waals surface area contributed by atoms with Gasteiger partial charge in [0.2, 0.25) is 5.91 Å². The summed E-state index contributed by atoms with van der Waals surface area (Å²) in [5, 5.41) is 11.9. The number of rotatable bonds is 3. The molecule has 1 N–H and O–H groups in total. The van der Waals surface area contributed by atoms with Crippen molar-refractivity contribution < 1.29 is 4.79 Å². The summed E-state index contributed by atoms with van der Waals surface area (Å²) in [5.74, 6) is 0.414. The second-order valence-electron chi connectivity index (χ2n) is 4.62. The highest BCUT2D eigenvalue weighted by molar-refractivity contribution is 5.84. The molecule has 100 valence electrons. The molecule has 1 amide bonds. The molecule has 1 fully saturated rings. The number of hydrogen-bond donors (Lipinski definition) is 1. The van der Waals surface area contributed by atoms with E-state index in [9.17, 15) is 4.79 Å². The van der Waals surface area contributed by atoms with Crippen LogP contribution in [0.5, 0.6) is 0 Å². The van der Waals surface area contributed by atoms with E-state index < -0.39 is 6.04 Å². The molecule has 1 aliphatic heterocycles. The third-order valence-electron chi connectivity index (χ3n) is 3.20. The Labute approximate surface area is 112 Å². The largest absolute Gasteiger partial charge is 0.356 e. The van der Waals surface area contributed by atoms with Crippen molar-refractivity contribution in [3.05, 3.63) is 18.1 Å². The molecule has 0 saturated carbocycles. The summed E-state index contributed by atoms with van der Waals surface area (Å²) in [5.41, 5.74) is 0.209. The first-order valence-corrected chi connectivity index (χ1v) is 6.49. The van der Waals surface area contributed by atoms with Crippen LogP contribution in [0, 0.1) is 11.3 Å². The molecule has 0 spiro atoms. The number of aromatic nitrogens is 2. The predicted octanol–water partition coefficient (Wildman–Crippen LogP) is 1.16. The van der Waals surface area contributed by atoms with E-state index in [1.807, 2.05) is 11.0 Å². The summed E-state index contributed by atoms with van der Waals surface area (Å²) in [4.78, 5) is 22.1. The van der Waals surface area contributed by atoms with Crippen molar-refractivity contribution in [2.75, 3.05) is 18.4 Å². The Morgan fingerprint density at radius 1 is 1.37 bits per heavy atom. The molecule has 1 atom stereocenters. The zero-order chi connectivity index (χ0) is 13.7. The Morgan fingerprint density at radius 2 is 2.05 bits per heavy atom.